The van der Waals surface area contributed by atoms with Gasteiger partial charge in [0.2, 0.25) is 0 Å². The zero-order valence-corrected chi connectivity index (χ0v) is 25.4. The van der Waals surface area contributed by atoms with E-state index in [-0.39, 0.29) is 61.1 Å². The number of alkyl halides is 4. The molecular formula is C20H38Cl4O9P2. The first-order valence-corrected chi connectivity index (χ1v) is 15.7. The fraction of sp³-hybridized carbons (Fsp3) is 0.900. The van der Waals surface area contributed by atoms with Gasteiger partial charge in [0.05, 0.1) is 26.4 Å². The van der Waals surface area contributed by atoms with Crippen molar-refractivity contribution in [2.45, 2.75) is 74.9 Å². The van der Waals surface area contributed by atoms with Gasteiger partial charge in [-0.2, -0.15) is 4.31 Å². The summed E-state index contributed by atoms with van der Waals surface area (Å²) in [6.45, 7) is 6.56. The molecule has 15 heteroatoms. The van der Waals surface area contributed by atoms with Crippen molar-refractivity contribution in [1.29, 1.82) is 0 Å². The molecule has 0 radical (unpaired) electrons. The summed E-state index contributed by atoms with van der Waals surface area (Å²) in [5.41, 5.74) is 0. The van der Waals surface area contributed by atoms with Crippen LogP contribution in [0.5, 0.6) is 0 Å². The largest absolute Gasteiger partial charge is 0.483 e. The number of phosphoric acid groups is 2. The van der Waals surface area contributed by atoms with Crippen LogP contribution in [0.25, 0.3) is 0 Å². The molecule has 0 heterocycles. The molecule has 9 nitrogen and oxygen atoms in total. The average molecular weight is 626 g/mol. The van der Waals surface area contributed by atoms with E-state index in [1.165, 1.54) is 0 Å². The third-order valence-electron chi connectivity index (χ3n) is 3.54. The molecule has 0 bridgehead atoms. The molecule has 0 amide bonds. The van der Waals surface area contributed by atoms with E-state index in [2.05, 4.69) is 11.8 Å². The van der Waals surface area contributed by atoms with Crippen molar-refractivity contribution < 1.29 is 41.7 Å². The second-order valence-corrected chi connectivity index (χ2v) is 13.7. The summed E-state index contributed by atoms with van der Waals surface area (Å²) in [5.74, 6) is 4.51. The molecule has 0 aromatic carbocycles. The van der Waals surface area contributed by atoms with Crippen LogP contribution in [0.2, 0.25) is 0 Å². The van der Waals surface area contributed by atoms with Crippen molar-refractivity contribution in [3.8, 4) is 11.8 Å². The minimum Gasteiger partial charge on any atom is -0.384 e. The van der Waals surface area contributed by atoms with Gasteiger partial charge in [-0.1, -0.05) is 11.8 Å². The zero-order chi connectivity index (χ0) is 27.3. The molecular weight excluding hydrogens is 588 g/mol. The van der Waals surface area contributed by atoms with Crippen molar-refractivity contribution in [3.05, 3.63) is 0 Å². The number of hydrogen-bond donors (Lipinski definition) is 2. The van der Waals surface area contributed by atoms with E-state index in [0.29, 0.717) is 25.7 Å². The first-order chi connectivity index (χ1) is 16.3. The van der Waals surface area contributed by atoms with Crippen LogP contribution in [0.4, 0.5) is 0 Å². The number of aliphatic hydroxyl groups is 2. The molecule has 0 aliphatic heterocycles. The van der Waals surface area contributed by atoms with E-state index in [0.717, 1.165) is 0 Å². The number of aliphatic hydroxyl groups excluding tert-OH is 2. The normalized spacial score (nSPS) is 18.0. The van der Waals surface area contributed by atoms with Gasteiger partial charge in [0, 0.05) is 21.5 Å². The molecule has 0 saturated heterocycles. The Morgan fingerprint density at radius 3 is 1.00 bits per heavy atom. The Bertz CT molecular complexity index is 583. The molecule has 0 spiro atoms. The summed E-state index contributed by atoms with van der Waals surface area (Å²) in [6.07, 6.45) is 1.51. The van der Waals surface area contributed by atoms with Crippen LogP contribution >= 0.6 is 62.0 Å². The van der Waals surface area contributed by atoms with Gasteiger partial charge in [0.1, 0.15) is 13.2 Å². The van der Waals surface area contributed by atoms with Crippen molar-refractivity contribution in [2.75, 3.05) is 39.6 Å². The van der Waals surface area contributed by atoms with E-state index < -0.39 is 15.6 Å². The Kier molecular flexibility index (Phi) is 24.8. The highest BCUT2D eigenvalue weighted by Gasteiger charge is 2.41. The lowest BCUT2D eigenvalue weighted by Crippen LogP contribution is -2.10. The smallest absolute Gasteiger partial charge is 0.384 e. The average Bonchev–Trinajstić information content (AvgIpc) is 2.71. The quantitative estimate of drug-likeness (QED) is 0.102. The molecule has 4 unspecified atom stereocenters. The first kappa shape index (κ1) is 38.0. The van der Waals surface area contributed by atoms with Crippen LogP contribution in [0.1, 0.15) is 53.4 Å². The molecule has 0 aromatic rings. The summed E-state index contributed by atoms with van der Waals surface area (Å²) in [7, 11) is -8.55. The Labute approximate surface area is 229 Å². The van der Waals surface area contributed by atoms with Gasteiger partial charge in [0.25, 0.3) is 0 Å². The molecule has 4 atom stereocenters. The van der Waals surface area contributed by atoms with Gasteiger partial charge >= 0.3 is 15.6 Å². The van der Waals surface area contributed by atoms with Gasteiger partial charge in [0.15, 0.2) is 0 Å². The molecule has 0 rings (SSSR count). The second kappa shape index (κ2) is 22.8. The third kappa shape index (κ3) is 26.3. The van der Waals surface area contributed by atoms with Crippen LogP contribution in [-0.4, -0.2) is 71.4 Å². The summed E-state index contributed by atoms with van der Waals surface area (Å²) >= 11 is 23.5. The van der Waals surface area contributed by atoms with Gasteiger partial charge < -0.3 is 10.2 Å². The predicted molar refractivity (Wildman–Crippen MR) is 142 cm³/mol. The van der Waals surface area contributed by atoms with Crippen molar-refractivity contribution in [2.24, 2.45) is 0 Å². The molecule has 0 fully saturated rings. The Balaban J connectivity index is 0. The zero-order valence-electron chi connectivity index (χ0n) is 20.5. The van der Waals surface area contributed by atoms with Crippen molar-refractivity contribution in [3.63, 3.8) is 0 Å². The summed E-state index contributed by atoms with van der Waals surface area (Å²) < 4.78 is 52.4. The summed E-state index contributed by atoms with van der Waals surface area (Å²) in [6, 6.07) is 0. The standard InChI is InChI=1S/C16H32Cl4O7P2.C4H6O2/c1-13(17)5-9-23-28(21,24-10-6-14(2)18)27-29(22,25-11-7-15(3)19)26-12-8-16(4)20;5-3-1-2-4-6/h13-16H,5-12H2,1-4H3;5-6H,3-4H2. The van der Waals surface area contributed by atoms with Crippen LogP contribution in [-0.2, 0) is 31.5 Å². The first-order valence-electron chi connectivity index (χ1n) is 11.0. The highest BCUT2D eigenvalue weighted by atomic mass is 35.5. The molecule has 0 aromatic heterocycles. The maximum Gasteiger partial charge on any atom is 0.483 e. The van der Waals surface area contributed by atoms with E-state index >= 15 is 0 Å². The minimum absolute atomic E-state index is 0.0319. The van der Waals surface area contributed by atoms with Crippen LogP contribution < -0.4 is 0 Å². The lowest BCUT2D eigenvalue weighted by atomic mass is 10.4. The predicted octanol–water partition coefficient (Wildman–Crippen LogP) is 6.33. The maximum atomic E-state index is 13.0. The van der Waals surface area contributed by atoms with Gasteiger partial charge in [-0.15, -0.1) is 46.4 Å². The number of halogens is 4. The minimum atomic E-state index is -4.28. The van der Waals surface area contributed by atoms with E-state index in [9.17, 15) is 9.13 Å². The van der Waals surface area contributed by atoms with E-state index in [4.69, 9.17) is 79.0 Å². The summed E-state index contributed by atoms with van der Waals surface area (Å²) in [5, 5.41) is 14.9. The number of phosphoric ester groups is 2. The Morgan fingerprint density at radius 1 is 0.600 bits per heavy atom. The maximum absolute atomic E-state index is 13.0. The lowest BCUT2D eigenvalue weighted by Gasteiger charge is -2.24. The van der Waals surface area contributed by atoms with E-state index in [1.807, 2.05) is 0 Å². The summed E-state index contributed by atoms with van der Waals surface area (Å²) in [4.78, 5) is 0. The van der Waals surface area contributed by atoms with Gasteiger partial charge in [-0.25, -0.2) is 9.13 Å². The highest BCUT2D eigenvalue weighted by Crippen LogP contribution is 2.66. The molecule has 210 valence electrons. The lowest BCUT2D eigenvalue weighted by molar-refractivity contribution is 0.107. The monoisotopic (exact) mass is 624 g/mol. The molecule has 2 N–H and O–H groups in total. The Hall–Kier alpha value is 0.900. The fourth-order valence-electron chi connectivity index (χ4n) is 1.71. The van der Waals surface area contributed by atoms with Gasteiger partial charge in [-0.3, -0.25) is 18.1 Å². The second-order valence-electron chi connectivity index (χ2n) is 7.26. The van der Waals surface area contributed by atoms with Crippen LogP contribution in [0, 0.1) is 11.8 Å². The van der Waals surface area contributed by atoms with Crippen LogP contribution in [0.3, 0.4) is 0 Å². The molecule has 0 saturated carbocycles. The molecule has 0 aliphatic carbocycles. The Morgan fingerprint density at radius 2 is 0.829 bits per heavy atom. The SMILES string of the molecule is CC(Cl)CCOP(=O)(OCCC(C)Cl)OP(=O)(OCCC(C)Cl)OCCC(C)Cl.OCC#CCO. The molecule has 35 heavy (non-hydrogen) atoms. The van der Waals surface area contributed by atoms with E-state index in [1.54, 1.807) is 27.7 Å². The van der Waals surface area contributed by atoms with Crippen LogP contribution in [0.15, 0.2) is 0 Å². The highest BCUT2D eigenvalue weighted by molar-refractivity contribution is 7.62. The van der Waals surface area contributed by atoms with Gasteiger partial charge in [-0.05, 0) is 53.4 Å². The number of rotatable bonds is 18. The number of hydrogen-bond acceptors (Lipinski definition) is 9. The third-order valence-corrected chi connectivity index (χ3v) is 8.01. The molecule has 0 aliphatic rings. The topological polar surface area (TPSA) is 121 Å². The van der Waals surface area contributed by atoms with Crippen molar-refractivity contribution in [1.82, 2.24) is 0 Å². The van der Waals surface area contributed by atoms with Crippen molar-refractivity contribution >= 4 is 62.0 Å². The fourth-order valence-corrected chi connectivity index (χ4v) is 5.27.